The van der Waals surface area contributed by atoms with E-state index in [4.69, 9.17) is 0 Å². The second-order valence-corrected chi connectivity index (χ2v) is 3.52. The van der Waals surface area contributed by atoms with Gasteiger partial charge in [0.05, 0.1) is 11.1 Å². The molecule has 0 aliphatic carbocycles. The molecule has 2 rings (SSSR count). The summed E-state index contributed by atoms with van der Waals surface area (Å²) < 4.78 is 0. The van der Waals surface area contributed by atoms with E-state index in [-0.39, 0.29) is 5.69 Å². The van der Waals surface area contributed by atoms with E-state index in [2.05, 4.69) is 20.5 Å². The van der Waals surface area contributed by atoms with Crippen molar-refractivity contribution < 1.29 is 4.92 Å². The van der Waals surface area contributed by atoms with Crippen molar-refractivity contribution in [1.82, 2.24) is 15.2 Å². The van der Waals surface area contributed by atoms with E-state index in [1.807, 2.05) is 6.92 Å². The van der Waals surface area contributed by atoms with Crippen LogP contribution in [0.25, 0.3) is 0 Å². The molecule has 17 heavy (non-hydrogen) atoms. The minimum atomic E-state index is -0.461. The first-order valence-corrected chi connectivity index (χ1v) is 4.99. The molecule has 2 aromatic heterocycles. The third-order valence-corrected chi connectivity index (χ3v) is 2.40. The number of nitro groups is 1. The highest BCUT2D eigenvalue weighted by Gasteiger charge is 2.13. The largest absolute Gasteiger partial charge is 0.375 e. The fraction of sp³-hybridized carbons (Fsp3) is 0.200. The maximum atomic E-state index is 10.8. The predicted octanol–water partition coefficient (Wildman–Crippen LogP) is 1.63. The molecule has 0 aromatic carbocycles. The van der Waals surface area contributed by atoms with Crippen LogP contribution in [-0.2, 0) is 6.54 Å². The normalized spacial score (nSPS) is 10.2. The summed E-state index contributed by atoms with van der Waals surface area (Å²) in [6.45, 7) is 2.37. The van der Waals surface area contributed by atoms with E-state index in [9.17, 15) is 10.1 Å². The van der Waals surface area contributed by atoms with Crippen molar-refractivity contribution in [1.29, 1.82) is 0 Å². The van der Waals surface area contributed by atoms with Gasteiger partial charge >= 0.3 is 5.69 Å². The number of H-pyrrole nitrogens is 1. The lowest BCUT2D eigenvalue weighted by Crippen LogP contribution is -2.03. The van der Waals surface area contributed by atoms with Crippen molar-refractivity contribution in [2.24, 2.45) is 0 Å². The monoisotopic (exact) mass is 233 g/mol. The maximum absolute atomic E-state index is 10.8. The quantitative estimate of drug-likeness (QED) is 0.618. The molecule has 0 saturated carbocycles. The summed E-state index contributed by atoms with van der Waals surface area (Å²) in [4.78, 5) is 14.0. The highest BCUT2D eigenvalue weighted by atomic mass is 16.6. The van der Waals surface area contributed by atoms with E-state index in [0.717, 1.165) is 11.3 Å². The Kier molecular flexibility index (Phi) is 2.99. The zero-order chi connectivity index (χ0) is 12.3. The van der Waals surface area contributed by atoms with E-state index < -0.39 is 4.92 Å². The number of aromatic amines is 1. The van der Waals surface area contributed by atoms with Gasteiger partial charge in [0, 0.05) is 24.0 Å². The molecule has 7 nitrogen and oxygen atoms in total. The van der Waals surface area contributed by atoms with Crippen molar-refractivity contribution in [3.8, 4) is 0 Å². The van der Waals surface area contributed by atoms with Crippen LogP contribution in [0.4, 0.5) is 11.4 Å². The van der Waals surface area contributed by atoms with Gasteiger partial charge in [-0.2, -0.15) is 5.10 Å². The van der Waals surface area contributed by atoms with Gasteiger partial charge in [0.2, 0.25) is 0 Å². The van der Waals surface area contributed by atoms with Gasteiger partial charge in [-0.1, -0.05) is 0 Å². The first-order chi connectivity index (χ1) is 8.18. The van der Waals surface area contributed by atoms with Crippen LogP contribution in [0.2, 0.25) is 0 Å². The van der Waals surface area contributed by atoms with Crippen molar-refractivity contribution in [2.75, 3.05) is 5.32 Å². The van der Waals surface area contributed by atoms with Gasteiger partial charge in [-0.05, 0) is 13.0 Å². The minimum Gasteiger partial charge on any atom is -0.375 e. The van der Waals surface area contributed by atoms with Crippen LogP contribution in [0.5, 0.6) is 0 Å². The first kappa shape index (κ1) is 11.1. The molecule has 0 aliphatic heterocycles. The third kappa shape index (κ3) is 2.39. The standard InChI is InChI=1S/C10H11N5O2/c1-7-8(5-13-14-7)4-12-9-2-3-11-6-10(9)15(16)17/h2-3,5-6H,4H2,1H3,(H,11,12)(H,13,14). The van der Waals surface area contributed by atoms with Crippen molar-refractivity contribution in [2.45, 2.75) is 13.5 Å². The molecule has 0 aliphatic rings. The highest BCUT2D eigenvalue weighted by Crippen LogP contribution is 2.22. The molecule has 2 aromatic rings. The van der Waals surface area contributed by atoms with Gasteiger partial charge in [-0.15, -0.1) is 0 Å². The van der Waals surface area contributed by atoms with E-state index in [1.54, 1.807) is 12.3 Å². The Morgan fingerprint density at radius 3 is 3.00 bits per heavy atom. The maximum Gasteiger partial charge on any atom is 0.310 e. The SMILES string of the molecule is Cc1[nH]ncc1CNc1ccncc1[N+](=O)[O-]. The molecule has 0 amide bonds. The van der Waals surface area contributed by atoms with Crippen molar-refractivity contribution >= 4 is 11.4 Å². The molecule has 0 unspecified atom stereocenters. The smallest absolute Gasteiger partial charge is 0.310 e. The number of pyridine rings is 1. The molecule has 0 atom stereocenters. The second-order valence-electron chi connectivity index (χ2n) is 3.52. The predicted molar refractivity (Wildman–Crippen MR) is 61.5 cm³/mol. The molecule has 2 heterocycles. The summed E-state index contributed by atoms with van der Waals surface area (Å²) in [6, 6.07) is 1.58. The summed E-state index contributed by atoms with van der Waals surface area (Å²) in [7, 11) is 0. The molecular weight excluding hydrogens is 222 g/mol. The zero-order valence-corrected chi connectivity index (χ0v) is 9.17. The molecule has 0 fully saturated rings. The summed E-state index contributed by atoms with van der Waals surface area (Å²) in [5.74, 6) is 0. The molecule has 7 heteroatoms. The van der Waals surface area contributed by atoms with Crippen LogP contribution in [0.15, 0.2) is 24.7 Å². The summed E-state index contributed by atoms with van der Waals surface area (Å²) in [5, 5.41) is 20.4. The lowest BCUT2D eigenvalue weighted by molar-refractivity contribution is -0.384. The average Bonchev–Trinajstić information content (AvgIpc) is 2.72. The second kappa shape index (κ2) is 4.60. The number of aromatic nitrogens is 3. The van der Waals surface area contributed by atoms with Gasteiger partial charge < -0.3 is 5.32 Å². The number of nitrogens with zero attached hydrogens (tertiary/aromatic N) is 3. The molecule has 0 radical (unpaired) electrons. The Morgan fingerprint density at radius 1 is 1.53 bits per heavy atom. The van der Waals surface area contributed by atoms with Crippen molar-refractivity contribution in [3.05, 3.63) is 46.0 Å². The zero-order valence-electron chi connectivity index (χ0n) is 9.17. The van der Waals surface area contributed by atoms with Gasteiger partial charge in [0.25, 0.3) is 0 Å². The van der Waals surface area contributed by atoms with Crippen LogP contribution in [-0.4, -0.2) is 20.1 Å². The minimum absolute atomic E-state index is 0.0337. The van der Waals surface area contributed by atoms with Gasteiger partial charge in [-0.25, -0.2) is 0 Å². The fourth-order valence-electron chi connectivity index (χ4n) is 1.43. The van der Waals surface area contributed by atoms with Gasteiger partial charge in [0.15, 0.2) is 0 Å². The average molecular weight is 233 g/mol. The Labute approximate surface area is 97.0 Å². The Morgan fingerprint density at radius 2 is 2.35 bits per heavy atom. The molecular formula is C10H11N5O2. The third-order valence-electron chi connectivity index (χ3n) is 2.40. The highest BCUT2D eigenvalue weighted by molar-refractivity contribution is 5.59. The van der Waals surface area contributed by atoms with Gasteiger partial charge in [0.1, 0.15) is 11.9 Å². The Hall–Kier alpha value is -2.44. The molecule has 2 N–H and O–H groups in total. The molecule has 0 bridgehead atoms. The number of anilines is 1. The van der Waals surface area contributed by atoms with Crippen LogP contribution < -0.4 is 5.32 Å². The Balaban J connectivity index is 2.14. The van der Waals surface area contributed by atoms with Crippen LogP contribution in [0.1, 0.15) is 11.3 Å². The van der Waals surface area contributed by atoms with E-state index in [0.29, 0.717) is 12.2 Å². The van der Waals surface area contributed by atoms with E-state index >= 15 is 0 Å². The number of rotatable bonds is 4. The summed E-state index contributed by atoms with van der Waals surface area (Å²) in [6.07, 6.45) is 4.43. The van der Waals surface area contributed by atoms with Crippen molar-refractivity contribution in [3.63, 3.8) is 0 Å². The lowest BCUT2D eigenvalue weighted by Gasteiger charge is -2.05. The van der Waals surface area contributed by atoms with Crippen LogP contribution in [0, 0.1) is 17.0 Å². The number of aryl methyl sites for hydroxylation is 1. The molecule has 88 valence electrons. The number of hydrogen-bond donors (Lipinski definition) is 2. The fourth-order valence-corrected chi connectivity index (χ4v) is 1.43. The van der Waals surface area contributed by atoms with Crippen LogP contribution >= 0.6 is 0 Å². The summed E-state index contributed by atoms with van der Waals surface area (Å²) >= 11 is 0. The van der Waals surface area contributed by atoms with Gasteiger partial charge in [-0.3, -0.25) is 20.2 Å². The summed E-state index contributed by atoms with van der Waals surface area (Å²) in [5.41, 5.74) is 2.32. The first-order valence-electron chi connectivity index (χ1n) is 4.99. The lowest BCUT2D eigenvalue weighted by atomic mass is 10.2. The van der Waals surface area contributed by atoms with Crippen LogP contribution in [0.3, 0.4) is 0 Å². The number of hydrogen-bond acceptors (Lipinski definition) is 5. The topological polar surface area (TPSA) is 96.7 Å². The van der Waals surface area contributed by atoms with E-state index in [1.165, 1.54) is 12.4 Å². The molecule has 0 spiro atoms. The molecule has 0 saturated heterocycles. The number of nitrogens with one attached hydrogen (secondary N) is 2. The Bertz CT molecular complexity index is 537.